The summed E-state index contributed by atoms with van der Waals surface area (Å²) in [5, 5.41) is 0. The van der Waals surface area contributed by atoms with Gasteiger partial charge in [-0.3, -0.25) is 14.7 Å². The number of aromatic nitrogens is 1. The summed E-state index contributed by atoms with van der Waals surface area (Å²) in [5.41, 5.74) is 0.966. The van der Waals surface area contributed by atoms with Crippen LogP contribution in [0.1, 0.15) is 25.7 Å². The van der Waals surface area contributed by atoms with Crippen LogP contribution in [0.15, 0.2) is 24.5 Å². The van der Waals surface area contributed by atoms with Gasteiger partial charge < -0.3 is 4.90 Å². The Balaban J connectivity index is 1.56. The number of carbonyl (C=O) groups is 1. The van der Waals surface area contributed by atoms with Crippen molar-refractivity contribution < 1.29 is 4.79 Å². The van der Waals surface area contributed by atoms with Crippen LogP contribution in [0.2, 0.25) is 0 Å². The van der Waals surface area contributed by atoms with Gasteiger partial charge in [0.15, 0.2) is 0 Å². The highest BCUT2D eigenvalue weighted by molar-refractivity contribution is 5.97. The number of likely N-dealkylation sites (tertiary alicyclic amines) is 1. The van der Waals surface area contributed by atoms with Crippen molar-refractivity contribution in [1.29, 1.82) is 0 Å². The highest BCUT2D eigenvalue weighted by atomic mass is 16.2. The Hall–Kier alpha value is -1.42. The minimum Gasteiger partial charge on any atom is -0.306 e. The third-order valence-corrected chi connectivity index (χ3v) is 4.72. The van der Waals surface area contributed by atoms with Crippen LogP contribution in [0.25, 0.3) is 0 Å². The molecule has 1 saturated carbocycles. The molecule has 1 aromatic rings. The Bertz CT molecular complexity index is 485. The molecule has 1 aromatic heterocycles. The number of hydrogen-bond donors (Lipinski definition) is 0. The third kappa shape index (κ3) is 1.94. The zero-order valence-electron chi connectivity index (χ0n) is 11.0. The second-order valence-electron chi connectivity index (χ2n) is 6.04. The Kier molecular flexibility index (Phi) is 2.58. The van der Waals surface area contributed by atoms with E-state index in [0.29, 0.717) is 18.5 Å². The number of hydrogen-bond acceptors (Lipinski definition) is 3. The molecule has 2 saturated heterocycles. The number of nitrogens with zero attached hydrogens (tertiary/aromatic N) is 3. The van der Waals surface area contributed by atoms with Crippen molar-refractivity contribution in [2.75, 3.05) is 18.0 Å². The van der Waals surface area contributed by atoms with Crippen LogP contribution in [0.3, 0.4) is 0 Å². The first kappa shape index (κ1) is 11.4. The summed E-state index contributed by atoms with van der Waals surface area (Å²) in [6, 6.07) is 4.72. The molecular formula is C15H19N3O. The van der Waals surface area contributed by atoms with Gasteiger partial charge in [-0.05, 0) is 37.3 Å². The fourth-order valence-corrected chi connectivity index (χ4v) is 3.62. The lowest BCUT2D eigenvalue weighted by atomic mass is 10.1. The predicted molar refractivity (Wildman–Crippen MR) is 72.8 cm³/mol. The molecule has 1 amide bonds. The van der Waals surface area contributed by atoms with E-state index in [0.717, 1.165) is 24.6 Å². The van der Waals surface area contributed by atoms with Gasteiger partial charge in [0.2, 0.25) is 5.91 Å². The van der Waals surface area contributed by atoms with E-state index in [-0.39, 0.29) is 5.91 Å². The van der Waals surface area contributed by atoms with Crippen LogP contribution >= 0.6 is 0 Å². The van der Waals surface area contributed by atoms with Gasteiger partial charge >= 0.3 is 0 Å². The summed E-state index contributed by atoms with van der Waals surface area (Å²) in [4.78, 5) is 21.0. The van der Waals surface area contributed by atoms with Crippen molar-refractivity contribution in [3.05, 3.63) is 24.5 Å². The first-order valence-electron chi connectivity index (χ1n) is 7.29. The summed E-state index contributed by atoms with van der Waals surface area (Å²) in [7, 11) is 0. The lowest BCUT2D eigenvalue weighted by molar-refractivity contribution is -0.117. The van der Waals surface area contributed by atoms with Gasteiger partial charge in [-0.1, -0.05) is 0 Å². The van der Waals surface area contributed by atoms with E-state index in [1.165, 1.54) is 19.4 Å². The number of amides is 1. The van der Waals surface area contributed by atoms with Crippen LogP contribution in [0.5, 0.6) is 0 Å². The molecule has 2 atom stereocenters. The number of pyridine rings is 1. The first-order valence-corrected chi connectivity index (χ1v) is 7.29. The molecular weight excluding hydrogens is 238 g/mol. The second kappa shape index (κ2) is 4.30. The van der Waals surface area contributed by atoms with Crippen molar-refractivity contribution in [2.24, 2.45) is 5.92 Å². The molecule has 4 nitrogen and oxygen atoms in total. The fourth-order valence-electron chi connectivity index (χ4n) is 3.62. The maximum atomic E-state index is 12.3. The van der Waals surface area contributed by atoms with E-state index in [9.17, 15) is 4.79 Å². The van der Waals surface area contributed by atoms with Crippen LogP contribution < -0.4 is 4.90 Å². The van der Waals surface area contributed by atoms with Crippen molar-refractivity contribution in [3.63, 3.8) is 0 Å². The molecule has 0 radical (unpaired) electrons. The van der Waals surface area contributed by atoms with Crippen LogP contribution in [-0.2, 0) is 4.79 Å². The normalized spacial score (nSPS) is 30.9. The molecule has 0 N–H and O–H groups in total. The van der Waals surface area contributed by atoms with Crippen LogP contribution in [0.4, 0.5) is 5.69 Å². The molecule has 19 heavy (non-hydrogen) atoms. The largest absolute Gasteiger partial charge is 0.306 e. The maximum Gasteiger partial charge on any atom is 0.229 e. The maximum absolute atomic E-state index is 12.3. The summed E-state index contributed by atoms with van der Waals surface area (Å²) in [6.07, 6.45) is 8.13. The molecule has 1 aliphatic carbocycles. The Morgan fingerprint density at radius 3 is 2.89 bits per heavy atom. The summed E-state index contributed by atoms with van der Waals surface area (Å²) >= 11 is 0. The summed E-state index contributed by atoms with van der Waals surface area (Å²) in [6.45, 7) is 2.35. The van der Waals surface area contributed by atoms with E-state index in [2.05, 4.69) is 9.88 Å². The van der Waals surface area contributed by atoms with Crippen molar-refractivity contribution in [3.8, 4) is 0 Å². The molecule has 0 spiro atoms. The second-order valence-corrected chi connectivity index (χ2v) is 6.04. The van der Waals surface area contributed by atoms with Crippen molar-refractivity contribution >= 4 is 11.6 Å². The Morgan fingerprint density at radius 1 is 1.26 bits per heavy atom. The first-order chi connectivity index (χ1) is 9.33. The monoisotopic (exact) mass is 257 g/mol. The van der Waals surface area contributed by atoms with Gasteiger partial charge in [0, 0.05) is 31.7 Å². The highest BCUT2D eigenvalue weighted by Crippen LogP contribution is 2.38. The number of carbonyl (C=O) groups excluding carboxylic acids is 1. The van der Waals surface area contributed by atoms with E-state index >= 15 is 0 Å². The zero-order valence-corrected chi connectivity index (χ0v) is 11.0. The molecule has 3 aliphatic rings. The fraction of sp³-hybridized carbons (Fsp3) is 0.600. The smallest absolute Gasteiger partial charge is 0.229 e. The molecule has 0 unspecified atom stereocenters. The Morgan fingerprint density at radius 2 is 2.16 bits per heavy atom. The number of fused-ring (bicyclic) bond motifs is 1. The SMILES string of the molecule is O=C1C[C@@H]2[C@H](CCN2CC2CC2)N1c1cccnc1. The average molecular weight is 257 g/mol. The van der Waals surface area contributed by atoms with Crippen molar-refractivity contribution in [1.82, 2.24) is 9.88 Å². The average Bonchev–Trinajstić information content (AvgIpc) is 3.08. The number of rotatable bonds is 3. The van der Waals surface area contributed by atoms with Gasteiger partial charge in [0.05, 0.1) is 17.9 Å². The molecule has 2 aliphatic heterocycles. The van der Waals surface area contributed by atoms with Gasteiger partial charge in [-0.15, -0.1) is 0 Å². The van der Waals surface area contributed by atoms with Gasteiger partial charge in [-0.2, -0.15) is 0 Å². The molecule has 4 heteroatoms. The highest BCUT2D eigenvalue weighted by Gasteiger charge is 2.48. The lowest BCUT2D eigenvalue weighted by Gasteiger charge is -2.25. The molecule has 3 heterocycles. The van der Waals surface area contributed by atoms with Crippen LogP contribution in [-0.4, -0.2) is 41.0 Å². The van der Waals surface area contributed by atoms with Gasteiger partial charge in [0.25, 0.3) is 0 Å². The lowest BCUT2D eigenvalue weighted by Crippen LogP contribution is -2.38. The molecule has 3 fully saturated rings. The minimum absolute atomic E-state index is 0.267. The van der Waals surface area contributed by atoms with E-state index in [4.69, 9.17) is 0 Å². The van der Waals surface area contributed by atoms with E-state index in [1.54, 1.807) is 6.20 Å². The predicted octanol–water partition coefficient (Wildman–Crippen LogP) is 1.67. The minimum atomic E-state index is 0.267. The van der Waals surface area contributed by atoms with Crippen LogP contribution in [0, 0.1) is 5.92 Å². The standard InChI is InChI=1S/C15H19N3O/c19-15-8-14-13(5-7-17(14)10-11-3-4-11)18(15)12-2-1-6-16-9-12/h1-2,6,9,11,13-14H,3-5,7-8,10H2/t13-,14+/m0/s1. The molecule has 4 rings (SSSR count). The summed E-state index contributed by atoms with van der Waals surface area (Å²) < 4.78 is 0. The molecule has 0 bridgehead atoms. The van der Waals surface area contributed by atoms with Gasteiger partial charge in [0.1, 0.15) is 0 Å². The quantitative estimate of drug-likeness (QED) is 0.826. The molecule has 100 valence electrons. The zero-order chi connectivity index (χ0) is 12.8. The third-order valence-electron chi connectivity index (χ3n) is 4.72. The van der Waals surface area contributed by atoms with Gasteiger partial charge in [-0.25, -0.2) is 0 Å². The topological polar surface area (TPSA) is 36.4 Å². The van der Waals surface area contributed by atoms with Crippen molar-refractivity contribution in [2.45, 2.75) is 37.8 Å². The van der Waals surface area contributed by atoms with E-state index < -0.39 is 0 Å². The molecule has 0 aromatic carbocycles. The summed E-state index contributed by atoms with van der Waals surface area (Å²) in [5.74, 6) is 1.17. The number of anilines is 1. The van der Waals surface area contributed by atoms with E-state index in [1.807, 2.05) is 23.2 Å². The Labute approximate surface area is 113 Å².